The zero-order chi connectivity index (χ0) is 13.9. The van der Waals surface area contributed by atoms with Crippen LogP contribution in [0.15, 0.2) is 23.1 Å². The summed E-state index contributed by atoms with van der Waals surface area (Å²) in [4.78, 5) is 11.5. The first-order valence-corrected chi connectivity index (χ1v) is 7.29. The normalized spacial score (nSPS) is 13.1. The average Bonchev–Trinajstić information content (AvgIpc) is 2.31. The van der Waals surface area contributed by atoms with Crippen LogP contribution in [0.25, 0.3) is 0 Å². The highest BCUT2D eigenvalue weighted by atomic mass is 35.5. The molecule has 0 aliphatic carbocycles. The summed E-state index contributed by atoms with van der Waals surface area (Å²) in [6.07, 6.45) is 0. The smallest absolute Gasteiger partial charge is 0.238 e. The quantitative estimate of drug-likeness (QED) is 0.816. The Morgan fingerprint density at radius 1 is 1.50 bits per heavy atom. The van der Waals surface area contributed by atoms with Crippen LogP contribution in [-0.4, -0.2) is 26.1 Å². The third kappa shape index (κ3) is 2.94. The van der Waals surface area contributed by atoms with Gasteiger partial charge in [-0.2, -0.15) is 0 Å². The predicted octanol–water partition coefficient (Wildman–Crippen LogP) is 1.22. The molecular weight excluding hydrogens is 276 g/mol. The number of rotatable bonds is 4. The van der Waals surface area contributed by atoms with Gasteiger partial charge in [0.25, 0.3) is 0 Å². The SMILES string of the molecule is CCNC(=O)C(C)S(=O)(=O)c1cc(N)ccc1Cl. The Balaban J connectivity index is 3.21. The summed E-state index contributed by atoms with van der Waals surface area (Å²) in [5.41, 5.74) is 5.81. The van der Waals surface area contributed by atoms with Crippen LogP contribution in [0.1, 0.15) is 13.8 Å². The molecule has 1 unspecified atom stereocenters. The molecule has 0 aliphatic heterocycles. The van der Waals surface area contributed by atoms with Crippen molar-refractivity contribution in [3.63, 3.8) is 0 Å². The monoisotopic (exact) mass is 290 g/mol. The van der Waals surface area contributed by atoms with Gasteiger partial charge in [-0.15, -0.1) is 0 Å². The Kier molecular flexibility index (Phi) is 4.59. The average molecular weight is 291 g/mol. The first kappa shape index (κ1) is 14.8. The Labute approximate surface area is 111 Å². The molecule has 0 radical (unpaired) electrons. The molecule has 7 heteroatoms. The molecule has 0 bridgehead atoms. The third-order valence-corrected chi connectivity index (χ3v) is 4.98. The molecule has 0 aromatic heterocycles. The highest BCUT2D eigenvalue weighted by Crippen LogP contribution is 2.27. The lowest BCUT2D eigenvalue weighted by Gasteiger charge is -2.14. The minimum atomic E-state index is -3.84. The van der Waals surface area contributed by atoms with Gasteiger partial charge in [-0.3, -0.25) is 4.79 Å². The molecule has 0 heterocycles. The molecule has 1 atom stereocenters. The molecule has 5 nitrogen and oxygen atoms in total. The molecule has 1 aromatic rings. The summed E-state index contributed by atoms with van der Waals surface area (Å²) >= 11 is 5.84. The van der Waals surface area contributed by atoms with Gasteiger partial charge in [0.05, 0.1) is 9.92 Å². The number of sulfone groups is 1. The van der Waals surface area contributed by atoms with Crippen LogP contribution in [0.4, 0.5) is 5.69 Å². The van der Waals surface area contributed by atoms with Crippen LogP contribution in [0.5, 0.6) is 0 Å². The largest absolute Gasteiger partial charge is 0.399 e. The molecule has 0 saturated heterocycles. The molecule has 1 amide bonds. The second-order valence-electron chi connectivity index (χ2n) is 3.77. The van der Waals surface area contributed by atoms with Crippen molar-refractivity contribution in [1.82, 2.24) is 5.32 Å². The Hall–Kier alpha value is -1.27. The fraction of sp³-hybridized carbons (Fsp3) is 0.364. The number of benzene rings is 1. The number of carbonyl (C=O) groups excluding carboxylic acids is 1. The molecule has 0 aliphatic rings. The third-order valence-electron chi connectivity index (χ3n) is 2.45. The second-order valence-corrected chi connectivity index (χ2v) is 6.42. The van der Waals surface area contributed by atoms with E-state index in [1.807, 2.05) is 0 Å². The summed E-state index contributed by atoms with van der Waals surface area (Å²) in [6, 6.07) is 4.15. The van der Waals surface area contributed by atoms with Crippen molar-refractivity contribution < 1.29 is 13.2 Å². The van der Waals surface area contributed by atoms with E-state index in [0.717, 1.165) is 0 Å². The maximum absolute atomic E-state index is 12.2. The summed E-state index contributed by atoms with van der Waals surface area (Å²) in [5.74, 6) is -0.559. The standard InChI is InChI=1S/C11H15ClN2O3S/c1-3-14-11(15)7(2)18(16,17)10-6-8(13)4-5-9(10)12/h4-7H,3,13H2,1-2H3,(H,14,15). The van der Waals surface area contributed by atoms with Crippen LogP contribution in [-0.2, 0) is 14.6 Å². The maximum atomic E-state index is 12.2. The van der Waals surface area contributed by atoms with E-state index >= 15 is 0 Å². The van der Waals surface area contributed by atoms with Crippen LogP contribution < -0.4 is 11.1 Å². The minimum Gasteiger partial charge on any atom is -0.399 e. The van der Waals surface area contributed by atoms with E-state index in [2.05, 4.69) is 5.32 Å². The minimum absolute atomic E-state index is 0.0559. The summed E-state index contributed by atoms with van der Waals surface area (Å²) < 4.78 is 24.4. The van der Waals surface area contributed by atoms with Gasteiger partial charge in [-0.1, -0.05) is 11.6 Å². The number of halogens is 1. The molecule has 0 saturated carbocycles. The van der Waals surface area contributed by atoms with Gasteiger partial charge in [0.1, 0.15) is 5.25 Å². The molecule has 3 N–H and O–H groups in total. The number of anilines is 1. The molecule has 1 rings (SSSR count). The van der Waals surface area contributed by atoms with E-state index in [0.29, 0.717) is 6.54 Å². The fourth-order valence-corrected chi connectivity index (χ4v) is 3.21. The van der Waals surface area contributed by atoms with E-state index in [1.165, 1.54) is 25.1 Å². The van der Waals surface area contributed by atoms with Gasteiger partial charge < -0.3 is 11.1 Å². The summed E-state index contributed by atoms with van der Waals surface area (Å²) in [5, 5.41) is 1.31. The number of amides is 1. The van der Waals surface area contributed by atoms with Gasteiger partial charge >= 0.3 is 0 Å². The van der Waals surface area contributed by atoms with Crippen molar-refractivity contribution in [1.29, 1.82) is 0 Å². The maximum Gasteiger partial charge on any atom is 0.238 e. The second kappa shape index (κ2) is 5.58. The highest BCUT2D eigenvalue weighted by Gasteiger charge is 2.31. The summed E-state index contributed by atoms with van der Waals surface area (Å²) in [6.45, 7) is 3.40. The van der Waals surface area contributed by atoms with Crippen molar-refractivity contribution >= 4 is 33.0 Å². The van der Waals surface area contributed by atoms with Crippen molar-refractivity contribution in [2.75, 3.05) is 12.3 Å². The van der Waals surface area contributed by atoms with Gasteiger partial charge in [-0.25, -0.2) is 8.42 Å². The lowest BCUT2D eigenvalue weighted by molar-refractivity contribution is -0.120. The molecule has 1 aromatic carbocycles. The Morgan fingerprint density at radius 3 is 2.67 bits per heavy atom. The van der Waals surface area contributed by atoms with E-state index in [9.17, 15) is 13.2 Å². The van der Waals surface area contributed by atoms with Gasteiger partial charge in [0, 0.05) is 12.2 Å². The number of nitrogen functional groups attached to an aromatic ring is 1. The van der Waals surface area contributed by atoms with Crippen molar-refractivity contribution in [2.45, 2.75) is 24.0 Å². The Morgan fingerprint density at radius 2 is 2.11 bits per heavy atom. The van der Waals surface area contributed by atoms with Crippen LogP contribution >= 0.6 is 11.6 Å². The zero-order valence-electron chi connectivity index (χ0n) is 10.1. The van der Waals surface area contributed by atoms with E-state index in [1.54, 1.807) is 6.92 Å². The number of hydrogen-bond acceptors (Lipinski definition) is 4. The fourth-order valence-electron chi connectivity index (χ4n) is 1.39. The first-order valence-electron chi connectivity index (χ1n) is 5.37. The molecule has 18 heavy (non-hydrogen) atoms. The van der Waals surface area contributed by atoms with E-state index < -0.39 is 21.0 Å². The topological polar surface area (TPSA) is 89.3 Å². The van der Waals surface area contributed by atoms with Crippen LogP contribution in [0.2, 0.25) is 5.02 Å². The number of carbonyl (C=O) groups is 1. The van der Waals surface area contributed by atoms with Crippen molar-refractivity contribution in [2.24, 2.45) is 0 Å². The van der Waals surface area contributed by atoms with Crippen LogP contribution in [0.3, 0.4) is 0 Å². The number of nitrogens with one attached hydrogen (secondary N) is 1. The Bertz CT molecular complexity index is 557. The van der Waals surface area contributed by atoms with Crippen LogP contribution in [0, 0.1) is 0 Å². The first-order chi connectivity index (χ1) is 8.30. The van der Waals surface area contributed by atoms with E-state index in [4.69, 9.17) is 17.3 Å². The molecule has 0 fully saturated rings. The molecular formula is C11H15ClN2O3S. The zero-order valence-corrected chi connectivity index (χ0v) is 11.7. The highest BCUT2D eigenvalue weighted by molar-refractivity contribution is 7.92. The molecule has 100 valence electrons. The lowest BCUT2D eigenvalue weighted by Crippen LogP contribution is -2.37. The molecule has 0 spiro atoms. The van der Waals surface area contributed by atoms with Crippen molar-refractivity contribution in [3.8, 4) is 0 Å². The van der Waals surface area contributed by atoms with Gasteiger partial charge in [0.15, 0.2) is 9.84 Å². The van der Waals surface area contributed by atoms with Crippen molar-refractivity contribution in [3.05, 3.63) is 23.2 Å². The number of hydrogen-bond donors (Lipinski definition) is 2. The van der Waals surface area contributed by atoms with Gasteiger partial charge in [0.2, 0.25) is 5.91 Å². The predicted molar refractivity (Wildman–Crippen MR) is 71.2 cm³/mol. The number of nitrogens with two attached hydrogens (primary N) is 1. The van der Waals surface area contributed by atoms with E-state index in [-0.39, 0.29) is 15.6 Å². The summed E-state index contributed by atoms with van der Waals surface area (Å²) in [7, 11) is -3.84. The van der Waals surface area contributed by atoms with Gasteiger partial charge in [-0.05, 0) is 32.0 Å². The lowest BCUT2D eigenvalue weighted by atomic mass is 10.3.